The molecule has 0 aliphatic carbocycles. The van der Waals surface area contributed by atoms with Gasteiger partial charge in [-0.05, 0) is 63.0 Å². The molecule has 5 heteroatoms. The Morgan fingerprint density at radius 1 is 1.17 bits per heavy atom. The molecule has 1 aliphatic rings. The van der Waals surface area contributed by atoms with Gasteiger partial charge in [0.25, 0.3) is 5.91 Å². The molecule has 5 nitrogen and oxygen atoms in total. The van der Waals surface area contributed by atoms with Crippen LogP contribution in [0.5, 0.6) is 11.5 Å². The van der Waals surface area contributed by atoms with Crippen molar-refractivity contribution in [3.8, 4) is 11.5 Å². The highest BCUT2D eigenvalue weighted by molar-refractivity contribution is 5.77. The molecular weight excluding hydrogens is 292 g/mol. The van der Waals surface area contributed by atoms with Crippen LogP contribution in [0.1, 0.15) is 26.2 Å². The fourth-order valence-electron chi connectivity index (χ4n) is 2.76. The van der Waals surface area contributed by atoms with Gasteiger partial charge in [-0.1, -0.05) is 6.92 Å². The third-order valence-corrected chi connectivity index (χ3v) is 4.12. The molecule has 0 bridgehead atoms. The summed E-state index contributed by atoms with van der Waals surface area (Å²) in [5, 5.41) is 3.21. The van der Waals surface area contributed by atoms with E-state index in [1.165, 1.54) is 0 Å². The number of rotatable bonds is 8. The molecule has 0 atom stereocenters. The lowest BCUT2D eigenvalue weighted by atomic mass is 9.97. The molecule has 1 amide bonds. The summed E-state index contributed by atoms with van der Waals surface area (Å²) in [4.78, 5) is 14.1. The standard InChI is InChI=1S/C18H28N2O3/c1-3-12-22-16-4-6-17(7-5-16)23-14-18(21)20-10-8-15(9-11-20)13-19-2/h4-7,15,19H,3,8-14H2,1-2H3. The second-order valence-electron chi connectivity index (χ2n) is 5.99. The van der Waals surface area contributed by atoms with Gasteiger partial charge in [-0.3, -0.25) is 4.79 Å². The minimum absolute atomic E-state index is 0.0687. The number of hydrogen-bond acceptors (Lipinski definition) is 4. The van der Waals surface area contributed by atoms with E-state index < -0.39 is 0 Å². The number of ether oxygens (including phenoxy) is 2. The molecule has 1 aromatic carbocycles. The molecular formula is C18H28N2O3. The van der Waals surface area contributed by atoms with Gasteiger partial charge in [0.2, 0.25) is 0 Å². The summed E-state index contributed by atoms with van der Waals surface area (Å²) in [6, 6.07) is 7.44. The second kappa shape index (κ2) is 9.40. The van der Waals surface area contributed by atoms with Gasteiger partial charge in [-0.25, -0.2) is 0 Å². The maximum Gasteiger partial charge on any atom is 0.260 e. The molecule has 1 fully saturated rings. The van der Waals surface area contributed by atoms with Crippen LogP contribution in [0, 0.1) is 5.92 Å². The molecule has 1 heterocycles. The summed E-state index contributed by atoms with van der Waals surface area (Å²) in [5.74, 6) is 2.28. The van der Waals surface area contributed by atoms with Crippen LogP contribution in [0.25, 0.3) is 0 Å². The van der Waals surface area contributed by atoms with Crippen molar-refractivity contribution in [3.05, 3.63) is 24.3 Å². The lowest BCUT2D eigenvalue weighted by molar-refractivity contribution is -0.134. The SMILES string of the molecule is CCCOc1ccc(OCC(=O)N2CCC(CNC)CC2)cc1. The number of benzene rings is 1. The number of amides is 1. The summed E-state index contributed by atoms with van der Waals surface area (Å²) in [6.07, 6.45) is 3.11. The van der Waals surface area contributed by atoms with Crippen molar-refractivity contribution in [2.75, 3.05) is 39.9 Å². The van der Waals surface area contributed by atoms with Gasteiger partial charge in [-0.15, -0.1) is 0 Å². The molecule has 0 spiro atoms. The molecule has 0 aromatic heterocycles. The molecule has 1 N–H and O–H groups in total. The van der Waals surface area contributed by atoms with E-state index in [-0.39, 0.29) is 12.5 Å². The van der Waals surface area contributed by atoms with E-state index in [4.69, 9.17) is 9.47 Å². The van der Waals surface area contributed by atoms with Crippen LogP contribution in [0.3, 0.4) is 0 Å². The Balaban J connectivity index is 1.72. The van der Waals surface area contributed by atoms with Crippen LogP contribution in [-0.2, 0) is 4.79 Å². The quantitative estimate of drug-likeness (QED) is 0.798. The first kappa shape index (κ1) is 17.6. The molecule has 2 rings (SSSR count). The van der Waals surface area contributed by atoms with Gasteiger partial charge in [0.1, 0.15) is 11.5 Å². The van der Waals surface area contributed by atoms with Crippen LogP contribution >= 0.6 is 0 Å². The summed E-state index contributed by atoms with van der Waals surface area (Å²) in [5.41, 5.74) is 0. The maximum atomic E-state index is 12.2. The van der Waals surface area contributed by atoms with E-state index >= 15 is 0 Å². The zero-order valence-corrected chi connectivity index (χ0v) is 14.2. The number of carbonyl (C=O) groups excluding carboxylic acids is 1. The van der Waals surface area contributed by atoms with Crippen LogP contribution in [0.15, 0.2) is 24.3 Å². The first-order chi connectivity index (χ1) is 11.2. The van der Waals surface area contributed by atoms with E-state index in [9.17, 15) is 4.79 Å². The maximum absolute atomic E-state index is 12.2. The van der Waals surface area contributed by atoms with Crippen molar-refractivity contribution in [1.82, 2.24) is 10.2 Å². The zero-order valence-electron chi connectivity index (χ0n) is 14.2. The lowest BCUT2D eigenvalue weighted by Crippen LogP contribution is -2.42. The van der Waals surface area contributed by atoms with Gasteiger partial charge < -0.3 is 19.7 Å². The molecule has 128 valence electrons. The van der Waals surface area contributed by atoms with Crippen LogP contribution in [-0.4, -0.2) is 50.7 Å². The minimum atomic E-state index is 0.0687. The van der Waals surface area contributed by atoms with Crippen molar-refractivity contribution in [2.24, 2.45) is 5.92 Å². The number of hydrogen-bond donors (Lipinski definition) is 1. The van der Waals surface area contributed by atoms with Crippen molar-refractivity contribution in [1.29, 1.82) is 0 Å². The zero-order chi connectivity index (χ0) is 16.5. The van der Waals surface area contributed by atoms with Crippen molar-refractivity contribution >= 4 is 5.91 Å². The second-order valence-corrected chi connectivity index (χ2v) is 5.99. The highest BCUT2D eigenvalue weighted by atomic mass is 16.5. The van der Waals surface area contributed by atoms with Crippen molar-refractivity contribution in [3.63, 3.8) is 0 Å². The van der Waals surface area contributed by atoms with Crippen LogP contribution < -0.4 is 14.8 Å². The van der Waals surface area contributed by atoms with E-state index in [0.29, 0.717) is 18.3 Å². The number of likely N-dealkylation sites (tertiary alicyclic amines) is 1. The fraction of sp³-hybridized carbons (Fsp3) is 0.611. The monoisotopic (exact) mass is 320 g/mol. The average molecular weight is 320 g/mol. The van der Waals surface area contributed by atoms with Gasteiger partial charge >= 0.3 is 0 Å². The summed E-state index contributed by atoms with van der Waals surface area (Å²) >= 11 is 0. The van der Waals surface area contributed by atoms with E-state index in [0.717, 1.165) is 44.6 Å². The Labute approximate surface area is 139 Å². The Hall–Kier alpha value is -1.75. The molecule has 0 saturated carbocycles. The predicted molar refractivity (Wildman–Crippen MR) is 91.0 cm³/mol. The Bertz CT molecular complexity index is 468. The fourth-order valence-corrected chi connectivity index (χ4v) is 2.76. The normalized spacial score (nSPS) is 15.5. The summed E-state index contributed by atoms with van der Waals surface area (Å²) < 4.78 is 11.1. The van der Waals surface area contributed by atoms with Gasteiger partial charge in [0, 0.05) is 13.1 Å². The third-order valence-electron chi connectivity index (χ3n) is 4.12. The van der Waals surface area contributed by atoms with Gasteiger partial charge in [0.15, 0.2) is 6.61 Å². The predicted octanol–water partition coefficient (Wildman–Crippen LogP) is 2.31. The molecule has 23 heavy (non-hydrogen) atoms. The highest BCUT2D eigenvalue weighted by Gasteiger charge is 2.22. The van der Waals surface area contributed by atoms with E-state index in [1.807, 2.05) is 36.2 Å². The number of carbonyl (C=O) groups is 1. The molecule has 0 unspecified atom stereocenters. The molecule has 1 aromatic rings. The summed E-state index contributed by atoms with van der Waals surface area (Å²) in [7, 11) is 1.98. The molecule has 1 aliphatic heterocycles. The van der Waals surface area contributed by atoms with E-state index in [2.05, 4.69) is 12.2 Å². The lowest BCUT2D eigenvalue weighted by Gasteiger charge is -2.31. The van der Waals surface area contributed by atoms with E-state index in [1.54, 1.807) is 0 Å². The van der Waals surface area contributed by atoms with Gasteiger partial charge in [0.05, 0.1) is 6.61 Å². The number of nitrogens with one attached hydrogen (secondary N) is 1. The van der Waals surface area contributed by atoms with Crippen LogP contribution in [0.2, 0.25) is 0 Å². The topological polar surface area (TPSA) is 50.8 Å². The molecule has 0 radical (unpaired) electrons. The minimum Gasteiger partial charge on any atom is -0.494 e. The Kier molecular flexibility index (Phi) is 7.20. The average Bonchev–Trinajstić information content (AvgIpc) is 2.59. The third kappa shape index (κ3) is 5.75. The first-order valence-electron chi connectivity index (χ1n) is 8.51. The Morgan fingerprint density at radius 2 is 1.78 bits per heavy atom. The van der Waals surface area contributed by atoms with Crippen LogP contribution in [0.4, 0.5) is 0 Å². The van der Waals surface area contributed by atoms with Gasteiger partial charge in [-0.2, -0.15) is 0 Å². The summed E-state index contributed by atoms with van der Waals surface area (Å²) in [6.45, 7) is 5.58. The Morgan fingerprint density at radius 3 is 2.35 bits per heavy atom. The largest absolute Gasteiger partial charge is 0.494 e. The number of piperidine rings is 1. The highest BCUT2D eigenvalue weighted by Crippen LogP contribution is 2.19. The van der Waals surface area contributed by atoms with Crippen molar-refractivity contribution in [2.45, 2.75) is 26.2 Å². The number of nitrogens with zero attached hydrogens (tertiary/aromatic N) is 1. The van der Waals surface area contributed by atoms with Crippen molar-refractivity contribution < 1.29 is 14.3 Å². The first-order valence-corrected chi connectivity index (χ1v) is 8.51. The molecule has 1 saturated heterocycles. The smallest absolute Gasteiger partial charge is 0.260 e.